The lowest BCUT2D eigenvalue weighted by Crippen LogP contribution is -2.07. The van der Waals surface area contributed by atoms with Crippen LogP contribution in [-0.4, -0.2) is 13.7 Å². The predicted molar refractivity (Wildman–Crippen MR) is 224 cm³/mol. The van der Waals surface area contributed by atoms with Gasteiger partial charge in [-0.05, 0) is 72.3 Å². The Kier molecular flexibility index (Phi) is 6.61. The standard InChI is InChI=1S/C50H29N5/c51-30-32-25-33(31-52)27-34(26-32)50-48(54-44-21-9-3-15-38(44)39-16-4-10-22-45(39)54)28-35(53-42-19-7-1-13-36(42)37-14-2-8-20-43(37)53)29-49(50)55-46-23-11-5-17-40(46)41-18-6-12-24-47(41)55/h1-29H. The van der Waals surface area contributed by atoms with E-state index in [1.165, 1.54) is 10.8 Å². The largest absolute Gasteiger partial charge is 0.309 e. The average molecular weight is 700 g/mol. The van der Waals surface area contributed by atoms with Crippen molar-refractivity contribution in [3.63, 3.8) is 0 Å². The van der Waals surface area contributed by atoms with Gasteiger partial charge in [0.05, 0.1) is 73.4 Å². The Morgan fingerprint density at radius 3 is 0.927 bits per heavy atom. The quantitative estimate of drug-likeness (QED) is 0.184. The summed E-state index contributed by atoms with van der Waals surface area (Å²) < 4.78 is 7.09. The van der Waals surface area contributed by atoms with Crippen molar-refractivity contribution in [1.29, 1.82) is 10.5 Å². The summed E-state index contributed by atoms with van der Waals surface area (Å²) in [5.74, 6) is 0. The van der Waals surface area contributed by atoms with Crippen molar-refractivity contribution in [2.45, 2.75) is 0 Å². The van der Waals surface area contributed by atoms with Crippen LogP contribution in [0.5, 0.6) is 0 Å². The molecular weight excluding hydrogens is 671 g/mol. The number of fused-ring (bicyclic) bond motifs is 9. The third-order valence-electron chi connectivity index (χ3n) is 11.0. The lowest BCUT2D eigenvalue weighted by Gasteiger charge is -2.23. The number of nitriles is 2. The van der Waals surface area contributed by atoms with Crippen molar-refractivity contribution < 1.29 is 0 Å². The highest BCUT2D eigenvalue weighted by atomic mass is 15.0. The van der Waals surface area contributed by atoms with Crippen LogP contribution in [0.2, 0.25) is 0 Å². The van der Waals surface area contributed by atoms with E-state index in [0.717, 1.165) is 82.8 Å². The van der Waals surface area contributed by atoms with Crippen LogP contribution in [0.4, 0.5) is 0 Å². The highest BCUT2D eigenvalue weighted by Crippen LogP contribution is 2.45. The number of benzene rings is 8. The first-order valence-corrected chi connectivity index (χ1v) is 18.3. The van der Waals surface area contributed by atoms with Gasteiger partial charge in [0.2, 0.25) is 0 Å². The molecule has 3 heterocycles. The molecule has 5 nitrogen and oxygen atoms in total. The molecule has 0 aliphatic heterocycles. The number of rotatable bonds is 4. The Balaban J connectivity index is 1.41. The minimum atomic E-state index is 0.432. The molecule has 254 valence electrons. The number of nitrogens with zero attached hydrogens (tertiary/aromatic N) is 5. The molecule has 55 heavy (non-hydrogen) atoms. The van der Waals surface area contributed by atoms with Gasteiger partial charge in [0, 0.05) is 37.9 Å². The second kappa shape index (κ2) is 11.8. The van der Waals surface area contributed by atoms with E-state index >= 15 is 0 Å². The zero-order chi connectivity index (χ0) is 36.6. The van der Waals surface area contributed by atoms with Gasteiger partial charge in [0.15, 0.2) is 0 Å². The van der Waals surface area contributed by atoms with Gasteiger partial charge >= 0.3 is 0 Å². The molecule has 0 radical (unpaired) electrons. The van der Waals surface area contributed by atoms with Crippen LogP contribution in [0, 0.1) is 22.7 Å². The van der Waals surface area contributed by atoms with Gasteiger partial charge in [0.1, 0.15) is 0 Å². The number of hydrogen-bond acceptors (Lipinski definition) is 2. The van der Waals surface area contributed by atoms with E-state index in [1.54, 1.807) is 6.07 Å². The van der Waals surface area contributed by atoms with E-state index in [9.17, 15) is 10.5 Å². The Bertz CT molecular complexity index is 3140. The van der Waals surface area contributed by atoms with Crippen LogP contribution >= 0.6 is 0 Å². The van der Waals surface area contributed by atoms with Gasteiger partial charge in [-0.1, -0.05) is 109 Å². The molecule has 0 N–H and O–H groups in total. The normalized spacial score (nSPS) is 11.6. The van der Waals surface area contributed by atoms with Gasteiger partial charge in [-0.15, -0.1) is 0 Å². The minimum absolute atomic E-state index is 0.432. The van der Waals surface area contributed by atoms with Gasteiger partial charge in [-0.3, -0.25) is 0 Å². The number of hydrogen-bond donors (Lipinski definition) is 0. The third kappa shape index (κ3) is 4.45. The Labute approximate surface area is 316 Å². The second-order valence-electron chi connectivity index (χ2n) is 14.0. The fourth-order valence-corrected chi connectivity index (χ4v) is 8.84. The fourth-order valence-electron chi connectivity index (χ4n) is 8.84. The molecular formula is C50H29N5. The predicted octanol–water partition coefficient (Wildman–Crippen LogP) is 12.4. The lowest BCUT2D eigenvalue weighted by atomic mass is 9.96. The van der Waals surface area contributed by atoms with Gasteiger partial charge in [0.25, 0.3) is 0 Å². The van der Waals surface area contributed by atoms with Crippen molar-refractivity contribution in [1.82, 2.24) is 13.7 Å². The van der Waals surface area contributed by atoms with Crippen LogP contribution in [-0.2, 0) is 0 Å². The minimum Gasteiger partial charge on any atom is -0.309 e. The summed E-state index contributed by atoms with van der Waals surface area (Å²) in [6.45, 7) is 0. The first-order chi connectivity index (χ1) is 27.2. The lowest BCUT2D eigenvalue weighted by molar-refractivity contribution is 1.10. The molecule has 0 aliphatic carbocycles. The Hall–Kier alpha value is -7.86. The monoisotopic (exact) mass is 699 g/mol. The van der Waals surface area contributed by atoms with E-state index in [2.05, 4.69) is 184 Å². The van der Waals surface area contributed by atoms with Gasteiger partial charge < -0.3 is 13.7 Å². The summed E-state index contributed by atoms with van der Waals surface area (Å²) in [4.78, 5) is 0. The van der Waals surface area contributed by atoms with Gasteiger partial charge in [-0.25, -0.2) is 0 Å². The summed E-state index contributed by atoms with van der Waals surface area (Å²) in [5, 5.41) is 27.5. The van der Waals surface area contributed by atoms with Crippen LogP contribution in [0.3, 0.4) is 0 Å². The maximum atomic E-state index is 10.3. The van der Waals surface area contributed by atoms with Crippen molar-refractivity contribution in [2.75, 3.05) is 0 Å². The topological polar surface area (TPSA) is 62.4 Å². The molecule has 5 heteroatoms. The number of aromatic nitrogens is 3. The van der Waals surface area contributed by atoms with E-state index in [4.69, 9.17) is 0 Å². The molecule has 0 amide bonds. The molecule has 0 atom stereocenters. The molecule has 0 spiro atoms. The van der Waals surface area contributed by atoms with Crippen LogP contribution in [0.15, 0.2) is 176 Å². The molecule has 0 saturated carbocycles. The highest BCUT2D eigenvalue weighted by Gasteiger charge is 2.25. The summed E-state index contributed by atoms with van der Waals surface area (Å²) in [5.41, 5.74) is 11.9. The van der Waals surface area contributed by atoms with Crippen molar-refractivity contribution in [3.8, 4) is 40.3 Å². The average Bonchev–Trinajstić information content (AvgIpc) is 3.89. The fraction of sp³-hybridized carbons (Fsp3) is 0. The van der Waals surface area contributed by atoms with E-state index in [-0.39, 0.29) is 0 Å². The summed E-state index contributed by atoms with van der Waals surface area (Å²) in [6, 6.07) is 66.1. The van der Waals surface area contributed by atoms with Crippen molar-refractivity contribution in [2.24, 2.45) is 0 Å². The highest BCUT2D eigenvalue weighted by molar-refractivity contribution is 6.13. The van der Waals surface area contributed by atoms with Crippen LogP contribution < -0.4 is 0 Å². The molecule has 11 rings (SSSR count). The van der Waals surface area contributed by atoms with E-state index in [1.807, 2.05) is 12.1 Å². The van der Waals surface area contributed by atoms with Crippen LogP contribution in [0.1, 0.15) is 11.1 Å². The first-order valence-electron chi connectivity index (χ1n) is 18.3. The molecule has 11 aromatic rings. The Morgan fingerprint density at radius 2 is 0.618 bits per heavy atom. The SMILES string of the molecule is N#Cc1cc(C#N)cc(-c2c(-n3c4ccccc4c4ccccc43)cc(-n3c4ccccc4c4ccccc43)cc2-n2c3ccccc3c3ccccc32)c1. The zero-order valence-corrected chi connectivity index (χ0v) is 29.5. The second-order valence-corrected chi connectivity index (χ2v) is 14.0. The molecule has 3 aromatic heterocycles. The number of para-hydroxylation sites is 6. The molecule has 0 unspecified atom stereocenters. The van der Waals surface area contributed by atoms with E-state index in [0.29, 0.717) is 11.1 Å². The molecule has 0 bridgehead atoms. The first kappa shape index (κ1) is 30.7. The molecule has 0 aliphatic rings. The summed E-state index contributed by atoms with van der Waals surface area (Å²) >= 11 is 0. The summed E-state index contributed by atoms with van der Waals surface area (Å²) in [7, 11) is 0. The maximum Gasteiger partial charge on any atom is 0.0992 e. The Morgan fingerprint density at radius 1 is 0.327 bits per heavy atom. The van der Waals surface area contributed by atoms with Gasteiger partial charge in [-0.2, -0.15) is 10.5 Å². The maximum absolute atomic E-state index is 10.3. The van der Waals surface area contributed by atoms with Crippen molar-refractivity contribution >= 4 is 65.4 Å². The zero-order valence-electron chi connectivity index (χ0n) is 29.5. The molecule has 0 saturated heterocycles. The molecule has 0 fully saturated rings. The molecule has 8 aromatic carbocycles. The van der Waals surface area contributed by atoms with Crippen LogP contribution in [0.25, 0.3) is 93.6 Å². The van der Waals surface area contributed by atoms with E-state index < -0.39 is 0 Å². The third-order valence-corrected chi connectivity index (χ3v) is 11.0. The van der Waals surface area contributed by atoms with Crippen molar-refractivity contribution in [3.05, 3.63) is 187 Å². The smallest absolute Gasteiger partial charge is 0.0992 e. The summed E-state index contributed by atoms with van der Waals surface area (Å²) in [6.07, 6.45) is 0.